The van der Waals surface area contributed by atoms with Crippen molar-refractivity contribution in [3.63, 3.8) is 0 Å². The number of hydrogen-bond donors (Lipinski definition) is 0. The van der Waals surface area contributed by atoms with Gasteiger partial charge >= 0.3 is 0 Å². The van der Waals surface area contributed by atoms with Gasteiger partial charge in [0.15, 0.2) is 5.65 Å². The van der Waals surface area contributed by atoms with E-state index in [2.05, 4.69) is 32.5 Å². The van der Waals surface area contributed by atoms with Crippen molar-refractivity contribution in [1.29, 1.82) is 0 Å². The van der Waals surface area contributed by atoms with Crippen molar-refractivity contribution < 1.29 is 4.79 Å². The second kappa shape index (κ2) is 7.19. The minimum atomic E-state index is 0.0772. The molecule has 4 heterocycles. The zero-order chi connectivity index (χ0) is 18.1. The van der Waals surface area contributed by atoms with Crippen LogP contribution in [0.5, 0.6) is 0 Å². The molecule has 4 rings (SSSR count). The van der Waals surface area contributed by atoms with Gasteiger partial charge in [-0.2, -0.15) is 5.10 Å². The number of carbonyl (C=O) groups is 1. The van der Waals surface area contributed by atoms with Crippen LogP contribution in [0, 0.1) is 13.8 Å². The predicted octanol–water partition coefficient (Wildman–Crippen LogP) is 4.04. The fraction of sp³-hybridized carbons (Fsp3) is 0.450. The van der Waals surface area contributed by atoms with Gasteiger partial charge in [0.05, 0.1) is 6.20 Å². The third kappa shape index (κ3) is 3.26. The van der Waals surface area contributed by atoms with Crippen LogP contribution >= 0.6 is 11.3 Å². The van der Waals surface area contributed by atoms with Crippen LogP contribution in [0.1, 0.15) is 52.3 Å². The molecule has 1 aliphatic heterocycles. The van der Waals surface area contributed by atoms with Crippen molar-refractivity contribution in [3.8, 4) is 0 Å². The number of likely N-dealkylation sites (tertiary alicyclic amines) is 1. The Morgan fingerprint density at radius 1 is 1.35 bits per heavy atom. The van der Waals surface area contributed by atoms with Gasteiger partial charge in [-0.1, -0.05) is 6.07 Å². The van der Waals surface area contributed by atoms with Crippen molar-refractivity contribution in [1.82, 2.24) is 19.5 Å². The van der Waals surface area contributed by atoms with Crippen LogP contribution in [0.2, 0.25) is 0 Å². The summed E-state index contributed by atoms with van der Waals surface area (Å²) >= 11 is 1.80. The van der Waals surface area contributed by atoms with Gasteiger partial charge in [0.1, 0.15) is 5.56 Å². The van der Waals surface area contributed by atoms with Gasteiger partial charge < -0.3 is 4.90 Å². The monoisotopic (exact) mass is 368 g/mol. The highest BCUT2D eigenvalue weighted by Gasteiger charge is 2.29. The Kier molecular flexibility index (Phi) is 4.76. The number of piperidine rings is 1. The number of nitrogens with zero attached hydrogens (tertiary/aromatic N) is 4. The Morgan fingerprint density at radius 2 is 2.23 bits per heavy atom. The minimum Gasteiger partial charge on any atom is -0.335 e. The maximum Gasteiger partial charge on any atom is 0.259 e. The fourth-order valence-corrected chi connectivity index (χ4v) is 4.63. The summed E-state index contributed by atoms with van der Waals surface area (Å²) in [5.74, 6) is 0.0772. The van der Waals surface area contributed by atoms with E-state index in [-0.39, 0.29) is 5.91 Å². The molecule has 0 saturated carbocycles. The molecule has 1 unspecified atom stereocenters. The summed E-state index contributed by atoms with van der Waals surface area (Å²) in [7, 11) is 0. The largest absolute Gasteiger partial charge is 0.335 e. The number of amides is 1. The first kappa shape index (κ1) is 17.2. The molecule has 0 aliphatic carbocycles. The minimum absolute atomic E-state index is 0.0772. The van der Waals surface area contributed by atoms with E-state index in [4.69, 9.17) is 0 Å². The zero-order valence-electron chi connectivity index (χ0n) is 15.3. The number of aromatic nitrogens is 3. The number of fused-ring (bicyclic) bond motifs is 1. The lowest BCUT2D eigenvalue weighted by molar-refractivity contribution is 0.0604. The van der Waals surface area contributed by atoms with E-state index >= 15 is 0 Å². The summed E-state index contributed by atoms with van der Waals surface area (Å²) in [6, 6.07) is 6.57. The molecule has 0 bridgehead atoms. The molecule has 26 heavy (non-hydrogen) atoms. The first-order valence-electron chi connectivity index (χ1n) is 9.29. The quantitative estimate of drug-likeness (QED) is 0.698. The Morgan fingerprint density at radius 3 is 3.04 bits per heavy atom. The van der Waals surface area contributed by atoms with Crippen LogP contribution in [0.25, 0.3) is 5.65 Å². The van der Waals surface area contributed by atoms with Crippen LogP contribution in [0.15, 0.2) is 29.8 Å². The number of hydrogen-bond acceptors (Lipinski definition) is 4. The third-order valence-electron chi connectivity index (χ3n) is 5.20. The van der Waals surface area contributed by atoms with Crippen molar-refractivity contribution in [2.24, 2.45) is 0 Å². The smallest absolute Gasteiger partial charge is 0.259 e. The SMILES string of the molecule is Cc1cc(C)n2ncc(C(=O)N3CCCCC3CCc3cccs3)c2n1. The van der Waals surface area contributed by atoms with E-state index in [0.717, 1.165) is 43.6 Å². The lowest BCUT2D eigenvalue weighted by Crippen LogP contribution is -2.44. The summed E-state index contributed by atoms with van der Waals surface area (Å²) in [5.41, 5.74) is 3.21. The topological polar surface area (TPSA) is 50.5 Å². The molecule has 0 spiro atoms. The highest BCUT2D eigenvalue weighted by molar-refractivity contribution is 7.09. The molecule has 1 atom stereocenters. The predicted molar refractivity (Wildman–Crippen MR) is 104 cm³/mol. The van der Waals surface area contributed by atoms with E-state index < -0.39 is 0 Å². The van der Waals surface area contributed by atoms with Crippen LogP contribution in [0.4, 0.5) is 0 Å². The molecule has 0 N–H and O–H groups in total. The standard InChI is InChI=1S/C20H24N4OS/c1-14-12-15(2)24-19(22-14)18(13-21-24)20(25)23-10-4-3-6-16(23)8-9-17-7-5-11-26-17/h5,7,11-13,16H,3-4,6,8-10H2,1-2H3. The summed E-state index contributed by atoms with van der Waals surface area (Å²) in [4.78, 5) is 21.3. The maximum absolute atomic E-state index is 13.3. The number of rotatable bonds is 4. The lowest BCUT2D eigenvalue weighted by atomic mass is 9.97. The number of aryl methyl sites for hydroxylation is 3. The molecule has 6 heteroatoms. The van der Waals surface area contributed by atoms with Gasteiger partial charge in [-0.3, -0.25) is 4.79 Å². The van der Waals surface area contributed by atoms with Crippen molar-refractivity contribution in [2.75, 3.05) is 6.54 Å². The second-order valence-corrected chi connectivity index (χ2v) is 8.13. The molecule has 1 amide bonds. The second-order valence-electron chi connectivity index (χ2n) is 7.10. The van der Waals surface area contributed by atoms with Crippen LogP contribution < -0.4 is 0 Å². The van der Waals surface area contributed by atoms with Gasteiger partial charge in [-0.05, 0) is 63.5 Å². The van der Waals surface area contributed by atoms with Crippen LogP contribution in [-0.2, 0) is 6.42 Å². The zero-order valence-corrected chi connectivity index (χ0v) is 16.1. The van der Waals surface area contributed by atoms with Crippen LogP contribution in [-0.4, -0.2) is 38.0 Å². The summed E-state index contributed by atoms with van der Waals surface area (Å²) in [5, 5.41) is 6.51. The molecule has 1 aliphatic rings. The fourth-order valence-electron chi connectivity index (χ4n) is 3.91. The van der Waals surface area contributed by atoms with E-state index in [0.29, 0.717) is 17.3 Å². The average Bonchev–Trinajstić information content (AvgIpc) is 3.29. The first-order chi connectivity index (χ1) is 12.6. The van der Waals surface area contributed by atoms with Gasteiger partial charge in [0.25, 0.3) is 5.91 Å². The molecular weight excluding hydrogens is 344 g/mol. The van der Waals surface area contributed by atoms with Crippen molar-refractivity contribution >= 4 is 22.9 Å². The summed E-state index contributed by atoms with van der Waals surface area (Å²) in [6.07, 6.45) is 7.11. The van der Waals surface area contributed by atoms with E-state index in [1.54, 1.807) is 22.0 Å². The molecule has 136 valence electrons. The molecular formula is C20H24N4OS. The third-order valence-corrected chi connectivity index (χ3v) is 6.14. The van der Waals surface area contributed by atoms with Gasteiger partial charge in [-0.25, -0.2) is 9.50 Å². The molecule has 0 radical (unpaired) electrons. The molecule has 1 saturated heterocycles. The molecule has 5 nitrogen and oxygen atoms in total. The molecule has 1 fully saturated rings. The van der Waals surface area contributed by atoms with Crippen molar-refractivity contribution in [3.05, 3.63) is 51.6 Å². The van der Waals surface area contributed by atoms with Crippen molar-refractivity contribution in [2.45, 2.75) is 52.0 Å². The highest BCUT2D eigenvalue weighted by atomic mass is 32.1. The lowest BCUT2D eigenvalue weighted by Gasteiger charge is -2.35. The summed E-state index contributed by atoms with van der Waals surface area (Å²) < 4.78 is 1.77. The highest BCUT2D eigenvalue weighted by Crippen LogP contribution is 2.25. The normalized spacial score (nSPS) is 17.8. The average molecular weight is 369 g/mol. The van der Waals surface area contributed by atoms with E-state index in [1.165, 1.54) is 11.3 Å². The van der Waals surface area contributed by atoms with Gasteiger partial charge in [-0.15, -0.1) is 11.3 Å². The molecule has 3 aromatic rings. The number of carbonyl (C=O) groups excluding carboxylic acids is 1. The maximum atomic E-state index is 13.3. The molecule has 3 aromatic heterocycles. The number of thiophene rings is 1. The Labute approximate surface area is 157 Å². The Balaban J connectivity index is 1.59. The summed E-state index contributed by atoms with van der Waals surface area (Å²) in [6.45, 7) is 4.78. The van der Waals surface area contributed by atoms with E-state index in [1.807, 2.05) is 19.9 Å². The van der Waals surface area contributed by atoms with Gasteiger partial charge in [0, 0.05) is 28.9 Å². The Bertz CT molecular complexity index is 915. The molecule has 0 aromatic carbocycles. The van der Waals surface area contributed by atoms with E-state index in [9.17, 15) is 4.79 Å². The Hall–Kier alpha value is -2.21. The first-order valence-corrected chi connectivity index (χ1v) is 10.2. The van der Waals surface area contributed by atoms with Crippen LogP contribution in [0.3, 0.4) is 0 Å². The van der Waals surface area contributed by atoms with Gasteiger partial charge in [0.2, 0.25) is 0 Å².